The quantitative estimate of drug-likeness (QED) is 0.749. The van der Waals surface area contributed by atoms with Crippen molar-refractivity contribution in [1.82, 2.24) is 9.88 Å². The summed E-state index contributed by atoms with van der Waals surface area (Å²) >= 11 is 0. The summed E-state index contributed by atoms with van der Waals surface area (Å²) in [5.41, 5.74) is 1.77. The molecule has 0 aliphatic rings. The van der Waals surface area contributed by atoms with Gasteiger partial charge in [0.05, 0.1) is 6.54 Å². The Balaban J connectivity index is 2.08. The standard InChI is InChI=1S/C22H27N3O3/c1-5-25(21(27)28-22(2,3)4)16-18-10-6-7-11-19(18)24-20(26)13-12-17-9-8-14-23-15-17/h6-15H,5,16H2,1-4H3,(H,24,26)/b13-12+. The number of carbonyl (C=O) groups excluding carboxylic acids is 2. The molecule has 0 fully saturated rings. The van der Waals surface area contributed by atoms with Crippen LogP contribution in [0.1, 0.15) is 38.8 Å². The molecule has 0 bridgehead atoms. The average molecular weight is 381 g/mol. The van der Waals surface area contributed by atoms with E-state index in [0.29, 0.717) is 18.8 Å². The highest BCUT2D eigenvalue weighted by Crippen LogP contribution is 2.19. The van der Waals surface area contributed by atoms with Crippen molar-refractivity contribution in [1.29, 1.82) is 0 Å². The predicted octanol–water partition coefficient (Wildman–Crippen LogP) is 4.49. The third-order valence-electron chi connectivity index (χ3n) is 3.78. The lowest BCUT2D eigenvalue weighted by Gasteiger charge is -2.27. The topological polar surface area (TPSA) is 71.5 Å². The maximum atomic E-state index is 12.4. The van der Waals surface area contributed by atoms with E-state index < -0.39 is 5.60 Å². The van der Waals surface area contributed by atoms with Gasteiger partial charge in [-0.3, -0.25) is 9.78 Å². The summed E-state index contributed by atoms with van der Waals surface area (Å²) in [7, 11) is 0. The molecule has 0 aliphatic carbocycles. The Labute approximate surface area is 166 Å². The normalized spacial score (nSPS) is 11.3. The van der Waals surface area contributed by atoms with Gasteiger partial charge in [-0.2, -0.15) is 0 Å². The fourth-order valence-electron chi connectivity index (χ4n) is 2.44. The number of rotatable bonds is 6. The van der Waals surface area contributed by atoms with Gasteiger partial charge in [-0.1, -0.05) is 24.3 Å². The monoisotopic (exact) mass is 381 g/mol. The third-order valence-corrected chi connectivity index (χ3v) is 3.78. The molecule has 1 N–H and O–H groups in total. The minimum atomic E-state index is -0.560. The van der Waals surface area contributed by atoms with Gasteiger partial charge in [0.15, 0.2) is 0 Å². The predicted molar refractivity (Wildman–Crippen MR) is 111 cm³/mol. The largest absolute Gasteiger partial charge is 0.444 e. The van der Waals surface area contributed by atoms with Gasteiger partial charge in [-0.05, 0) is 57.0 Å². The molecule has 1 heterocycles. The van der Waals surface area contributed by atoms with Crippen molar-refractivity contribution in [2.75, 3.05) is 11.9 Å². The summed E-state index contributed by atoms with van der Waals surface area (Å²) in [5.74, 6) is -0.253. The van der Waals surface area contributed by atoms with Gasteiger partial charge in [0.2, 0.25) is 5.91 Å². The number of para-hydroxylation sites is 1. The van der Waals surface area contributed by atoms with E-state index in [4.69, 9.17) is 4.74 Å². The van der Waals surface area contributed by atoms with Crippen LogP contribution in [0.15, 0.2) is 54.9 Å². The van der Waals surface area contributed by atoms with Gasteiger partial charge < -0.3 is 15.0 Å². The van der Waals surface area contributed by atoms with Crippen LogP contribution in [0.4, 0.5) is 10.5 Å². The van der Waals surface area contributed by atoms with Crippen molar-refractivity contribution in [3.63, 3.8) is 0 Å². The molecule has 0 radical (unpaired) electrons. The second-order valence-corrected chi connectivity index (χ2v) is 7.26. The number of amides is 2. The van der Waals surface area contributed by atoms with Crippen LogP contribution >= 0.6 is 0 Å². The third kappa shape index (κ3) is 6.87. The molecule has 0 saturated heterocycles. The second-order valence-electron chi connectivity index (χ2n) is 7.26. The first-order valence-electron chi connectivity index (χ1n) is 9.23. The minimum Gasteiger partial charge on any atom is -0.444 e. The average Bonchev–Trinajstić information content (AvgIpc) is 2.65. The molecule has 2 rings (SSSR count). The molecule has 6 heteroatoms. The fourth-order valence-corrected chi connectivity index (χ4v) is 2.44. The molecule has 0 spiro atoms. The summed E-state index contributed by atoms with van der Waals surface area (Å²) in [4.78, 5) is 30.3. The lowest BCUT2D eigenvalue weighted by molar-refractivity contribution is -0.111. The van der Waals surface area contributed by atoms with E-state index in [-0.39, 0.29) is 12.0 Å². The molecule has 0 aliphatic heterocycles. The highest BCUT2D eigenvalue weighted by Gasteiger charge is 2.22. The first kappa shape index (κ1) is 21.2. The van der Waals surface area contributed by atoms with E-state index in [2.05, 4.69) is 10.3 Å². The zero-order valence-corrected chi connectivity index (χ0v) is 16.8. The molecule has 1 aromatic heterocycles. The number of hydrogen-bond acceptors (Lipinski definition) is 4. The highest BCUT2D eigenvalue weighted by atomic mass is 16.6. The molecule has 28 heavy (non-hydrogen) atoms. The maximum absolute atomic E-state index is 12.4. The zero-order valence-electron chi connectivity index (χ0n) is 16.8. The first-order chi connectivity index (χ1) is 13.3. The molecule has 6 nitrogen and oxygen atoms in total. The van der Waals surface area contributed by atoms with Crippen LogP contribution < -0.4 is 5.32 Å². The second kappa shape index (κ2) is 9.69. The number of nitrogens with one attached hydrogen (secondary N) is 1. The summed E-state index contributed by atoms with van der Waals surface area (Å²) in [6, 6.07) is 11.1. The molecule has 0 atom stereocenters. The number of aromatic nitrogens is 1. The molecule has 148 valence electrons. The molecular formula is C22H27N3O3. The number of ether oxygens (including phenoxy) is 1. The van der Waals surface area contributed by atoms with Gasteiger partial charge in [-0.25, -0.2) is 4.79 Å². The Bertz CT molecular complexity index is 826. The Morgan fingerprint density at radius 3 is 2.57 bits per heavy atom. The molecule has 0 saturated carbocycles. The summed E-state index contributed by atoms with van der Waals surface area (Å²) < 4.78 is 5.45. The van der Waals surface area contributed by atoms with Gasteiger partial charge in [0.25, 0.3) is 0 Å². The molecule has 0 unspecified atom stereocenters. The van der Waals surface area contributed by atoms with E-state index in [1.165, 1.54) is 6.08 Å². The van der Waals surface area contributed by atoms with Gasteiger partial charge >= 0.3 is 6.09 Å². The smallest absolute Gasteiger partial charge is 0.410 e. The van der Waals surface area contributed by atoms with Crippen LogP contribution in [0, 0.1) is 0 Å². The van der Waals surface area contributed by atoms with Crippen molar-refractivity contribution >= 4 is 23.8 Å². The Morgan fingerprint density at radius 1 is 1.18 bits per heavy atom. The molecule has 1 aromatic carbocycles. The number of benzene rings is 1. The molecule has 2 amide bonds. The van der Waals surface area contributed by atoms with Gasteiger partial charge in [0, 0.05) is 30.7 Å². The lowest BCUT2D eigenvalue weighted by Crippen LogP contribution is -2.36. The maximum Gasteiger partial charge on any atom is 0.410 e. The van der Waals surface area contributed by atoms with E-state index in [1.807, 2.05) is 64.1 Å². The lowest BCUT2D eigenvalue weighted by atomic mass is 10.1. The number of anilines is 1. The number of nitrogens with zero attached hydrogens (tertiary/aromatic N) is 2. The van der Waals surface area contributed by atoms with E-state index in [9.17, 15) is 9.59 Å². The SMILES string of the molecule is CCN(Cc1ccccc1NC(=O)/C=C/c1cccnc1)C(=O)OC(C)(C)C. The van der Waals surface area contributed by atoms with Crippen LogP contribution in [-0.4, -0.2) is 34.0 Å². The van der Waals surface area contributed by atoms with Crippen LogP contribution in [-0.2, 0) is 16.1 Å². The van der Waals surface area contributed by atoms with Crippen LogP contribution in [0.3, 0.4) is 0 Å². The van der Waals surface area contributed by atoms with Crippen molar-refractivity contribution in [2.24, 2.45) is 0 Å². The summed E-state index contributed by atoms with van der Waals surface area (Å²) in [6.07, 6.45) is 6.13. The van der Waals surface area contributed by atoms with Crippen molar-refractivity contribution in [3.05, 3.63) is 66.0 Å². The van der Waals surface area contributed by atoms with Crippen LogP contribution in [0.2, 0.25) is 0 Å². The first-order valence-corrected chi connectivity index (χ1v) is 9.23. The van der Waals surface area contributed by atoms with Gasteiger partial charge in [-0.15, -0.1) is 0 Å². The Kier molecular flexibility index (Phi) is 7.32. The fraction of sp³-hybridized carbons (Fsp3) is 0.318. The van der Waals surface area contributed by atoms with E-state index in [1.54, 1.807) is 23.4 Å². The summed E-state index contributed by atoms with van der Waals surface area (Å²) in [5, 5.41) is 2.87. The highest BCUT2D eigenvalue weighted by molar-refractivity contribution is 6.02. The molecule has 2 aromatic rings. The van der Waals surface area contributed by atoms with Gasteiger partial charge in [0.1, 0.15) is 5.60 Å². The Hall–Kier alpha value is -3.15. The van der Waals surface area contributed by atoms with Crippen molar-refractivity contribution in [2.45, 2.75) is 39.8 Å². The van der Waals surface area contributed by atoms with Crippen LogP contribution in [0.25, 0.3) is 6.08 Å². The van der Waals surface area contributed by atoms with Crippen LogP contribution in [0.5, 0.6) is 0 Å². The summed E-state index contributed by atoms with van der Waals surface area (Å²) in [6.45, 7) is 8.23. The van der Waals surface area contributed by atoms with Crippen molar-refractivity contribution in [3.8, 4) is 0 Å². The number of pyridine rings is 1. The Morgan fingerprint density at radius 2 is 1.93 bits per heavy atom. The molecular weight excluding hydrogens is 354 g/mol. The van der Waals surface area contributed by atoms with Crippen molar-refractivity contribution < 1.29 is 14.3 Å². The minimum absolute atomic E-state index is 0.253. The zero-order chi connectivity index (χ0) is 20.6. The number of hydrogen-bond donors (Lipinski definition) is 1. The van der Waals surface area contributed by atoms with E-state index >= 15 is 0 Å². The van der Waals surface area contributed by atoms with E-state index in [0.717, 1.165) is 11.1 Å². The number of carbonyl (C=O) groups is 2.